The molecule has 4 heterocycles. The van der Waals surface area contributed by atoms with Crippen molar-refractivity contribution >= 4 is 56.3 Å². The Morgan fingerprint density at radius 1 is 1.09 bits per heavy atom. The summed E-state index contributed by atoms with van der Waals surface area (Å²) in [5, 5.41) is 7.21. The molecule has 6 rings (SSSR count). The molecule has 5 aromatic rings. The van der Waals surface area contributed by atoms with Gasteiger partial charge in [0.15, 0.2) is 5.78 Å². The molecular formula is C32H33N7O3S2. The highest BCUT2D eigenvalue weighted by atomic mass is 32.2. The third-order valence-corrected chi connectivity index (χ3v) is 10.2. The van der Waals surface area contributed by atoms with Gasteiger partial charge >= 0.3 is 0 Å². The van der Waals surface area contributed by atoms with E-state index in [9.17, 15) is 13.8 Å². The fourth-order valence-corrected chi connectivity index (χ4v) is 7.54. The summed E-state index contributed by atoms with van der Waals surface area (Å²) in [6.07, 6.45) is 1.61. The zero-order valence-corrected chi connectivity index (χ0v) is 26.4. The summed E-state index contributed by atoms with van der Waals surface area (Å²) < 4.78 is 15.4. The molecule has 1 atom stereocenters. The second kappa shape index (κ2) is 12.8. The minimum Gasteiger partial charge on any atom is -0.369 e. The highest BCUT2D eigenvalue weighted by Gasteiger charge is 2.23. The van der Waals surface area contributed by atoms with Gasteiger partial charge in [-0.1, -0.05) is 32.0 Å². The number of carbonyl (C=O) groups is 1. The Kier molecular flexibility index (Phi) is 8.65. The molecule has 0 amide bonds. The topological polar surface area (TPSA) is 122 Å². The molecule has 10 nitrogen and oxygen atoms in total. The van der Waals surface area contributed by atoms with Crippen molar-refractivity contribution in [3.05, 3.63) is 93.5 Å². The van der Waals surface area contributed by atoms with Gasteiger partial charge in [0.2, 0.25) is 5.95 Å². The number of rotatable bonds is 9. The van der Waals surface area contributed by atoms with Crippen molar-refractivity contribution in [3.63, 3.8) is 0 Å². The zero-order chi connectivity index (χ0) is 30.8. The van der Waals surface area contributed by atoms with E-state index in [1.807, 2.05) is 24.3 Å². The van der Waals surface area contributed by atoms with Gasteiger partial charge in [0.1, 0.15) is 9.86 Å². The summed E-state index contributed by atoms with van der Waals surface area (Å²) in [4.78, 5) is 43.7. The van der Waals surface area contributed by atoms with Crippen molar-refractivity contribution in [2.75, 3.05) is 36.4 Å². The van der Waals surface area contributed by atoms with E-state index >= 15 is 0 Å². The Morgan fingerprint density at radius 2 is 1.86 bits per heavy atom. The first kappa shape index (κ1) is 29.8. The van der Waals surface area contributed by atoms with E-state index in [0.29, 0.717) is 31.8 Å². The van der Waals surface area contributed by atoms with E-state index in [-0.39, 0.29) is 23.8 Å². The number of hydrogen-bond acceptors (Lipinski definition) is 10. The van der Waals surface area contributed by atoms with E-state index < -0.39 is 16.4 Å². The molecule has 0 saturated carbocycles. The molecule has 1 aliphatic heterocycles. The maximum atomic E-state index is 13.9. The van der Waals surface area contributed by atoms with Gasteiger partial charge < -0.3 is 15.5 Å². The van der Waals surface area contributed by atoms with Crippen LogP contribution in [0.5, 0.6) is 0 Å². The van der Waals surface area contributed by atoms with Crippen LogP contribution in [0.3, 0.4) is 0 Å². The second-order valence-corrected chi connectivity index (χ2v) is 13.5. The van der Waals surface area contributed by atoms with Gasteiger partial charge in [-0.2, -0.15) is 4.98 Å². The third kappa shape index (κ3) is 6.05. The lowest BCUT2D eigenvalue weighted by atomic mass is 10.0. The minimum absolute atomic E-state index is 0.000899. The highest BCUT2D eigenvalue weighted by Crippen LogP contribution is 2.27. The molecular weight excluding hydrogens is 595 g/mol. The lowest BCUT2D eigenvalue weighted by molar-refractivity contribution is 0.0937. The molecule has 2 aromatic carbocycles. The fourth-order valence-electron chi connectivity index (χ4n) is 5.29. The SMILES string of the molecule is Cc1cc(Nc2ncc3cc(C(=O)C(C)C)c(=O)n(Cc4ncsc4S(=O)c4ccccc4)c3n2)ccc1N1CCNCC1. The van der Waals surface area contributed by atoms with Gasteiger partial charge in [0.25, 0.3) is 5.56 Å². The van der Waals surface area contributed by atoms with Crippen LogP contribution in [0.15, 0.2) is 80.2 Å². The van der Waals surface area contributed by atoms with Gasteiger partial charge in [-0.05, 0) is 48.9 Å². The van der Waals surface area contributed by atoms with Gasteiger partial charge in [-0.15, -0.1) is 11.3 Å². The normalized spacial score (nSPS) is 14.2. The molecule has 3 aromatic heterocycles. The van der Waals surface area contributed by atoms with Gasteiger partial charge in [-0.3, -0.25) is 14.2 Å². The van der Waals surface area contributed by atoms with Crippen LogP contribution in [-0.4, -0.2) is 55.7 Å². The number of aryl methyl sites for hydroxylation is 1. The van der Waals surface area contributed by atoms with Crippen LogP contribution >= 0.6 is 11.3 Å². The van der Waals surface area contributed by atoms with Crippen LogP contribution < -0.4 is 21.1 Å². The van der Waals surface area contributed by atoms with Gasteiger partial charge in [-0.25, -0.2) is 14.2 Å². The number of nitrogens with one attached hydrogen (secondary N) is 2. The average Bonchev–Trinajstić information content (AvgIpc) is 3.51. The average molecular weight is 628 g/mol. The maximum Gasteiger partial charge on any atom is 0.263 e. The lowest BCUT2D eigenvalue weighted by Crippen LogP contribution is -2.43. The van der Waals surface area contributed by atoms with Crippen molar-refractivity contribution in [2.45, 2.75) is 36.4 Å². The van der Waals surface area contributed by atoms with Crippen molar-refractivity contribution < 1.29 is 9.00 Å². The molecule has 12 heteroatoms. The number of benzene rings is 2. The number of fused-ring (bicyclic) bond motifs is 1. The first-order valence-corrected chi connectivity index (χ1v) is 16.5. The smallest absolute Gasteiger partial charge is 0.263 e. The number of piperazine rings is 1. The standard InChI is InChI=1S/C32H33N7O3S2/c1-20(2)28(40)25-16-22-17-34-32(36-23-9-10-27(21(3)15-23)38-13-11-33-12-14-38)37-29(22)39(30(25)41)18-26-31(43-19-35-26)44(42)24-7-5-4-6-8-24/h4-10,15-17,19-20,33H,11-14,18H2,1-3H3,(H,34,36,37). The Bertz CT molecular complexity index is 1910. The number of anilines is 3. The molecule has 1 aliphatic rings. The number of hydrogen-bond donors (Lipinski definition) is 2. The number of thiazole rings is 1. The van der Waals surface area contributed by atoms with E-state index in [1.54, 1.807) is 43.8 Å². The van der Waals surface area contributed by atoms with Crippen molar-refractivity contribution in [1.82, 2.24) is 24.8 Å². The number of ketones is 1. The molecule has 0 bridgehead atoms. The Balaban J connectivity index is 1.38. The third-order valence-electron chi connectivity index (χ3n) is 7.56. The number of carbonyl (C=O) groups excluding carboxylic acids is 1. The zero-order valence-electron chi connectivity index (χ0n) is 24.7. The molecule has 44 heavy (non-hydrogen) atoms. The number of Topliss-reactive ketones (excluding diaryl/α,β-unsaturated/α-hetero) is 1. The predicted molar refractivity (Wildman–Crippen MR) is 175 cm³/mol. The van der Waals surface area contributed by atoms with Gasteiger partial charge in [0.05, 0.1) is 34.1 Å². The predicted octanol–water partition coefficient (Wildman–Crippen LogP) is 4.76. The van der Waals surface area contributed by atoms with Crippen LogP contribution in [0.1, 0.15) is 35.5 Å². The Labute approximate surface area is 261 Å². The number of nitrogens with zero attached hydrogens (tertiary/aromatic N) is 5. The quantitative estimate of drug-likeness (QED) is 0.223. The summed E-state index contributed by atoms with van der Waals surface area (Å²) in [5.41, 5.74) is 5.21. The van der Waals surface area contributed by atoms with E-state index in [0.717, 1.165) is 37.4 Å². The second-order valence-electron chi connectivity index (χ2n) is 11.0. The van der Waals surface area contributed by atoms with Crippen LogP contribution in [0.25, 0.3) is 11.0 Å². The Hall–Kier alpha value is -4.26. The van der Waals surface area contributed by atoms with Crippen LogP contribution in [0.4, 0.5) is 17.3 Å². The summed E-state index contributed by atoms with van der Waals surface area (Å²) in [5.74, 6) is -0.322. The van der Waals surface area contributed by atoms with E-state index in [1.165, 1.54) is 21.6 Å². The van der Waals surface area contributed by atoms with Crippen molar-refractivity contribution in [1.29, 1.82) is 0 Å². The summed E-state index contributed by atoms with van der Waals surface area (Å²) in [6, 6.07) is 16.8. The first-order valence-electron chi connectivity index (χ1n) is 14.5. The monoisotopic (exact) mass is 627 g/mol. The van der Waals surface area contributed by atoms with Crippen molar-refractivity contribution in [3.8, 4) is 0 Å². The molecule has 1 unspecified atom stereocenters. The largest absolute Gasteiger partial charge is 0.369 e. The molecule has 2 N–H and O–H groups in total. The fraction of sp³-hybridized carbons (Fsp3) is 0.281. The molecule has 0 radical (unpaired) electrons. The van der Waals surface area contributed by atoms with Crippen molar-refractivity contribution in [2.24, 2.45) is 5.92 Å². The van der Waals surface area contributed by atoms with Crippen LogP contribution in [0.2, 0.25) is 0 Å². The number of aromatic nitrogens is 4. The highest BCUT2D eigenvalue weighted by molar-refractivity contribution is 7.87. The molecule has 1 fully saturated rings. The maximum absolute atomic E-state index is 13.9. The minimum atomic E-state index is -1.48. The molecule has 0 aliphatic carbocycles. The Morgan fingerprint density at radius 3 is 2.59 bits per heavy atom. The van der Waals surface area contributed by atoms with E-state index in [2.05, 4.69) is 44.6 Å². The van der Waals surface area contributed by atoms with Crippen LogP contribution in [-0.2, 0) is 17.3 Å². The first-order chi connectivity index (χ1) is 21.3. The van der Waals surface area contributed by atoms with Crippen LogP contribution in [0, 0.1) is 12.8 Å². The molecule has 226 valence electrons. The summed E-state index contributed by atoms with van der Waals surface area (Å²) in [7, 11) is -1.48. The molecule has 0 spiro atoms. The lowest BCUT2D eigenvalue weighted by Gasteiger charge is -2.30. The molecule has 1 saturated heterocycles. The summed E-state index contributed by atoms with van der Waals surface area (Å²) in [6.45, 7) is 9.44. The summed E-state index contributed by atoms with van der Waals surface area (Å²) >= 11 is 1.27. The van der Waals surface area contributed by atoms with Gasteiger partial charge in [0, 0.05) is 60.0 Å². The van der Waals surface area contributed by atoms with E-state index in [4.69, 9.17) is 4.98 Å². The number of pyridine rings is 1.